The van der Waals surface area contributed by atoms with E-state index < -0.39 is 0 Å². The van der Waals surface area contributed by atoms with Crippen LogP contribution in [0, 0.1) is 6.92 Å². The Morgan fingerprint density at radius 3 is 2.59 bits per heavy atom. The lowest BCUT2D eigenvalue weighted by molar-refractivity contribution is 1.07. The first-order chi connectivity index (χ1) is 8.08. The van der Waals surface area contributed by atoms with Crippen molar-refractivity contribution in [3.63, 3.8) is 0 Å². The van der Waals surface area contributed by atoms with Gasteiger partial charge in [-0.2, -0.15) is 0 Å². The van der Waals surface area contributed by atoms with Gasteiger partial charge in [-0.25, -0.2) is 0 Å². The molecule has 2 aromatic rings. The minimum absolute atomic E-state index is 0.981. The summed E-state index contributed by atoms with van der Waals surface area (Å²) in [6.45, 7) is 4.22. The third-order valence-electron chi connectivity index (χ3n) is 2.92. The van der Waals surface area contributed by atoms with Crippen LogP contribution in [0.3, 0.4) is 0 Å². The van der Waals surface area contributed by atoms with Crippen molar-refractivity contribution in [1.82, 2.24) is 4.98 Å². The second-order valence-electron chi connectivity index (χ2n) is 3.94. The first kappa shape index (κ1) is 12.8. The van der Waals surface area contributed by atoms with Crippen LogP contribution in [0.5, 0.6) is 0 Å². The molecule has 2 nitrogen and oxygen atoms in total. The Morgan fingerprint density at radius 2 is 2.00 bits per heavy atom. The lowest BCUT2D eigenvalue weighted by atomic mass is 10.0. The molecule has 17 heavy (non-hydrogen) atoms. The summed E-state index contributed by atoms with van der Waals surface area (Å²) >= 11 is 7.10. The van der Waals surface area contributed by atoms with E-state index in [0.717, 1.165) is 32.0 Å². The van der Waals surface area contributed by atoms with Crippen molar-refractivity contribution in [2.45, 2.75) is 20.3 Å². The van der Waals surface area contributed by atoms with Crippen molar-refractivity contribution in [2.24, 2.45) is 0 Å². The zero-order valence-corrected chi connectivity index (χ0v) is 13.2. The predicted octanol–water partition coefficient (Wildman–Crippen LogP) is 4.67. The number of pyridine rings is 1. The quantitative estimate of drug-likeness (QED) is 0.844. The van der Waals surface area contributed by atoms with Gasteiger partial charge in [0, 0.05) is 32.8 Å². The molecule has 0 radical (unpaired) electrons. The highest BCUT2D eigenvalue weighted by atomic mass is 79.9. The number of anilines is 1. The van der Waals surface area contributed by atoms with Crippen molar-refractivity contribution in [3.05, 3.63) is 32.3 Å². The number of hydrogen-bond acceptors (Lipinski definition) is 2. The summed E-state index contributed by atoms with van der Waals surface area (Å²) < 4.78 is 2.07. The Morgan fingerprint density at radius 1 is 1.29 bits per heavy atom. The molecule has 0 aliphatic heterocycles. The molecular formula is C13H14Br2N2. The van der Waals surface area contributed by atoms with Gasteiger partial charge in [0.1, 0.15) is 0 Å². The van der Waals surface area contributed by atoms with E-state index >= 15 is 0 Å². The Kier molecular flexibility index (Phi) is 3.73. The van der Waals surface area contributed by atoms with Crippen LogP contribution in [-0.4, -0.2) is 12.0 Å². The van der Waals surface area contributed by atoms with Crippen LogP contribution in [-0.2, 0) is 6.42 Å². The highest BCUT2D eigenvalue weighted by molar-refractivity contribution is 9.11. The summed E-state index contributed by atoms with van der Waals surface area (Å²) in [4.78, 5) is 4.69. The van der Waals surface area contributed by atoms with Crippen LogP contribution in [0.15, 0.2) is 21.1 Å². The van der Waals surface area contributed by atoms with E-state index in [2.05, 4.69) is 62.1 Å². The third kappa shape index (κ3) is 2.20. The van der Waals surface area contributed by atoms with Gasteiger partial charge in [0.2, 0.25) is 0 Å². The van der Waals surface area contributed by atoms with Crippen LogP contribution < -0.4 is 5.32 Å². The molecule has 0 unspecified atom stereocenters. The Balaban J connectivity index is 2.93. The average molecular weight is 358 g/mol. The van der Waals surface area contributed by atoms with Crippen molar-refractivity contribution in [3.8, 4) is 0 Å². The van der Waals surface area contributed by atoms with Crippen LogP contribution >= 0.6 is 31.9 Å². The first-order valence-corrected chi connectivity index (χ1v) is 7.13. The van der Waals surface area contributed by atoms with E-state index in [4.69, 9.17) is 0 Å². The van der Waals surface area contributed by atoms with Gasteiger partial charge < -0.3 is 5.32 Å². The van der Waals surface area contributed by atoms with E-state index in [1.165, 1.54) is 11.3 Å². The SMILES string of the molecule is CCc1c(C)nc2c(Br)cc(Br)cc2c1NC. The molecule has 0 saturated heterocycles. The van der Waals surface area contributed by atoms with Gasteiger partial charge in [-0.15, -0.1) is 0 Å². The largest absolute Gasteiger partial charge is 0.387 e. The molecule has 1 aromatic carbocycles. The maximum atomic E-state index is 4.69. The Bertz CT molecular complexity index is 579. The van der Waals surface area contributed by atoms with Gasteiger partial charge in [-0.1, -0.05) is 22.9 Å². The van der Waals surface area contributed by atoms with Crippen LogP contribution in [0.25, 0.3) is 10.9 Å². The second kappa shape index (κ2) is 4.94. The molecule has 1 aromatic heterocycles. The number of aromatic nitrogens is 1. The fraction of sp³-hybridized carbons (Fsp3) is 0.308. The molecule has 0 bridgehead atoms. The fourth-order valence-electron chi connectivity index (χ4n) is 2.17. The molecule has 2 rings (SSSR count). The molecule has 0 saturated carbocycles. The predicted molar refractivity (Wildman–Crippen MR) is 80.8 cm³/mol. The standard InChI is InChI=1S/C13H14Br2N2/c1-4-9-7(2)17-13-10(12(9)16-3)5-8(14)6-11(13)15/h5-6H,4H2,1-3H3,(H,16,17). The van der Waals surface area contributed by atoms with Crippen molar-refractivity contribution in [1.29, 1.82) is 0 Å². The average Bonchev–Trinajstić information content (AvgIpc) is 2.28. The van der Waals surface area contributed by atoms with E-state index in [-0.39, 0.29) is 0 Å². The molecule has 90 valence electrons. The van der Waals surface area contributed by atoms with Crippen LogP contribution in [0.1, 0.15) is 18.2 Å². The lowest BCUT2D eigenvalue weighted by Crippen LogP contribution is -2.01. The zero-order valence-electron chi connectivity index (χ0n) is 10.1. The molecule has 0 atom stereocenters. The van der Waals surface area contributed by atoms with Gasteiger partial charge in [-0.3, -0.25) is 4.98 Å². The number of hydrogen-bond donors (Lipinski definition) is 1. The normalized spacial score (nSPS) is 10.9. The number of aryl methyl sites for hydroxylation is 1. The van der Waals surface area contributed by atoms with Gasteiger partial charge in [0.25, 0.3) is 0 Å². The smallest absolute Gasteiger partial charge is 0.0868 e. The maximum Gasteiger partial charge on any atom is 0.0868 e. The lowest BCUT2D eigenvalue weighted by Gasteiger charge is -2.15. The summed E-state index contributed by atoms with van der Waals surface area (Å²) in [5, 5.41) is 4.45. The third-order valence-corrected chi connectivity index (χ3v) is 3.98. The summed E-state index contributed by atoms with van der Waals surface area (Å²) in [7, 11) is 1.96. The van der Waals surface area contributed by atoms with Gasteiger partial charge >= 0.3 is 0 Å². The molecule has 4 heteroatoms. The minimum atomic E-state index is 0.981. The summed E-state index contributed by atoms with van der Waals surface area (Å²) in [6, 6.07) is 4.14. The number of halogens is 2. The zero-order chi connectivity index (χ0) is 12.6. The molecule has 1 heterocycles. The highest BCUT2D eigenvalue weighted by Gasteiger charge is 2.12. The van der Waals surface area contributed by atoms with Crippen molar-refractivity contribution in [2.75, 3.05) is 12.4 Å². The highest BCUT2D eigenvalue weighted by Crippen LogP contribution is 2.34. The molecule has 0 amide bonds. The van der Waals surface area contributed by atoms with Gasteiger partial charge in [0.15, 0.2) is 0 Å². The van der Waals surface area contributed by atoms with Crippen LogP contribution in [0.4, 0.5) is 5.69 Å². The summed E-state index contributed by atoms with van der Waals surface area (Å²) in [6.07, 6.45) is 0.981. The summed E-state index contributed by atoms with van der Waals surface area (Å²) in [5.41, 5.74) is 4.56. The Labute approximate surface area is 118 Å². The summed E-state index contributed by atoms with van der Waals surface area (Å²) in [5.74, 6) is 0. The van der Waals surface area contributed by atoms with Crippen molar-refractivity contribution >= 4 is 48.5 Å². The molecule has 0 spiro atoms. The first-order valence-electron chi connectivity index (χ1n) is 5.54. The number of benzene rings is 1. The maximum absolute atomic E-state index is 4.69. The van der Waals surface area contributed by atoms with Crippen LogP contribution in [0.2, 0.25) is 0 Å². The molecule has 1 N–H and O–H groups in total. The van der Waals surface area contributed by atoms with Gasteiger partial charge in [0.05, 0.1) is 5.52 Å². The minimum Gasteiger partial charge on any atom is -0.387 e. The van der Waals surface area contributed by atoms with E-state index in [1.54, 1.807) is 0 Å². The van der Waals surface area contributed by atoms with Crippen molar-refractivity contribution < 1.29 is 0 Å². The fourth-order valence-corrected chi connectivity index (χ4v) is 3.48. The second-order valence-corrected chi connectivity index (χ2v) is 5.71. The van der Waals surface area contributed by atoms with E-state index in [1.807, 2.05) is 13.1 Å². The topological polar surface area (TPSA) is 24.9 Å². The number of nitrogens with one attached hydrogen (secondary N) is 1. The number of nitrogens with zero attached hydrogens (tertiary/aromatic N) is 1. The molecule has 0 aliphatic rings. The molecular weight excluding hydrogens is 344 g/mol. The molecule has 0 aliphatic carbocycles. The monoisotopic (exact) mass is 356 g/mol. The number of rotatable bonds is 2. The number of fused-ring (bicyclic) bond motifs is 1. The molecule has 0 fully saturated rings. The van der Waals surface area contributed by atoms with E-state index in [0.29, 0.717) is 0 Å². The Hall–Kier alpha value is -0.610. The van der Waals surface area contributed by atoms with E-state index in [9.17, 15) is 0 Å². The van der Waals surface area contributed by atoms with Gasteiger partial charge in [-0.05, 0) is 47.0 Å².